The van der Waals surface area contributed by atoms with E-state index in [0.29, 0.717) is 36.0 Å². The molecule has 28 heteroatoms. The number of guanidine groups is 1. The van der Waals surface area contributed by atoms with E-state index in [9.17, 15) is 48.4 Å². The van der Waals surface area contributed by atoms with Crippen molar-refractivity contribution in [2.45, 2.75) is 155 Å². The molecule has 4 amide bonds. The molecule has 8 atom stereocenters. The number of carbonyl (C=O) groups is 5. The number of anilines is 1. The molecule has 0 radical (unpaired) electrons. The van der Waals surface area contributed by atoms with Crippen molar-refractivity contribution >= 4 is 70.9 Å². The van der Waals surface area contributed by atoms with Crippen molar-refractivity contribution in [3.05, 3.63) is 131 Å². The van der Waals surface area contributed by atoms with Crippen LogP contribution in [-0.4, -0.2) is 135 Å². The van der Waals surface area contributed by atoms with Crippen LogP contribution < -0.4 is 53.4 Å². The molecule has 1 saturated heterocycles. The van der Waals surface area contributed by atoms with Crippen molar-refractivity contribution in [3.63, 3.8) is 0 Å². The Bertz CT molecular complexity index is 3730. The number of aryl methyl sites for hydroxylation is 1. The van der Waals surface area contributed by atoms with Crippen LogP contribution >= 0.6 is 7.82 Å². The minimum Gasteiger partial charge on any atom is -0.493 e. The highest BCUT2D eigenvalue weighted by Crippen LogP contribution is 2.46. The minimum atomic E-state index is -5.05. The normalized spacial score (nSPS) is 17.3. The van der Waals surface area contributed by atoms with Gasteiger partial charge >= 0.3 is 25.6 Å². The fourth-order valence-corrected chi connectivity index (χ4v) is 10.9. The van der Waals surface area contributed by atoms with E-state index in [2.05, 4.69) is 45.1 Å². The number of aromatic nitrogens is 2. The van der Waals surface area contributed by atoms with E-state index in [1.165, 1.54) is 12.3 Å². The van der Waals surface area contributed by atoms with Gasteiger partial charge in [0, 0.05) is 30.4 Å². The van der Waals surface area contributed by atoms with Crippen LogP contribution in [0.15, 0.2) is 119 Å². The minimum absolute atomic E-state index is 0.00420. The lowest BCUT2D eigenvalue weighted by molar-refractivity contribution is -0.150. The van der Waals surface area contributed by atoms with Gasteiger partial charge in [-0.1, -0.05) is 118 Å². The number of phosphoric ester groups is 1. The second-order valence-electron chi connectivity index (χ2n) is 25.0. The summed E-state index contributed by atoms with van der Waals surface area (Å²) >= 11 is 0. The maximum absolute atomic E-state index is 14.8. The highest BCUT2D eigenvalue weighted by Gasteiger charge is 2.45. The van der Waals surface area contributed by atoms with Crippen LogP contribution in [-0.2, 0) is 53.7 Å². The van der Waals surface area contributed by atoms with Crippen LogP contribution in [0.4, 0.5) is 10.6 Å². The molecular weight excluding hydrogens is 1250 g/mol. The highest BCUT2D eigenvalue weighted by molar-refractivity contribution is 7.47. The standard InChI is InChI=1S/C67H89N10O17P/c1-40(2)31-35-88-51-28-26-44-16-9-11-18-46(44)56(51)57-47-19-12-10-17-45(47)27-29-52(57)89-39-55(78)72-48(20-13-14-32-71-66(85)93-67(6,7)8)60(81)73-49(61(82)74-50(36-41(3)4)63(83)90-37-43-24-22-42(5)23-25-43)21-15-33-70-64(69)76-94-95(86,87)91-38-53-58(79)59(80)62(92-53)77-34-30-54(68)75-65(77)84/h9-12,16-19,22-30,34,40-41,48-50,53,58-59,62,79-80H,13-15,20-21,31-33,35-39H2,1-8H3,(H,71,85)(H,72,78)(H,73,81)(H,74,82)(H,86,87)(H2,68,75,84)(H3,69,70,76)/t48?,49?,50?,53-,58-,59-,62-/m1/s1. The van der Waals surface area contributed by atoms with Gasteiger partial charge in [0.2, 0.25) is 17.8 Å². The second-order valence-corrected chi connectivity index (χ2v) is 26.4. The average Bonchev–Trinajstić information content (AvgIpc) is 1.15. The van der Waals surface area contributed by atoms with Crippen LogP contribution in [0.3, 0.4) is 0 Å². The van der Waals surface area contributed by atoms with Crippen LogP contribution in [0.2, 0.25) is 0 Å². The number of hydrogen-bond donors (Lipinski definition) is 10. The van der Waals surface area contributed by atoms with Crippen LogP contribution in [0.25, 0.3) is 32.7 Å². The molecule has 1 aliphatic heterocycles. The molecule has 12 N–H and O–H groups in total. The smallest absolute Gasteiger partial charge is 0.493 e. The highest BCUT2D eigenvalue weighted by atomic mass is 31.2. The molecule has 1 aromatic heterocycles. The van der Waals surface area contributed by atoms with Crippen LogP contribution in [0, 0.1) is 18.8 Å². The number of carbonyl (C=O) groups excluding carboxylic acids is 5. The van der Waals surface area contributed by atoms with Gasteiger partial charge in [0.05, 0.1) is 13.2 Å². The third-order valence-electron chi connectivity index (χ3n) is 15.1. The molecule has 514 valence electrons. The summed E-state index contributed by atoms with van der Waals surface area (Å²) in [5.74, 6) is -2.32. The lowest BCUT2D eigenvalue weighted by Gasteiger charge is -2.26. The maximum Gasteiger partial charge on any atom is 0.493 e. The number of alkyl carbamates (subject to hydrolysis) is 1. The lowest BCUT2D eigenvalue weighted by atomic mass is 9.92. The number of fused-ring (bicyclic) bond motifs is 2. The fourth-order valence-electron chi connectivity index (χ4n) is 10.3. The van der Waals surface area contributed by atoms with Crippen molar-refractivity contribution in [2.75, 3.05) is 38.6 Å². The number of phosphoric acid groups is 1. The summed E-state index contributed by atoms with van der Waals surface area (Å²) in [5, 5.41) is 35.9. The summed E-state index contributed by atoms with van der Waals surface area (Å²) in [6, 6.07) is 28.1. The van der Waals surface area contributed by atoms with Gasteiger partial charge in [-0.25, -0.2) is 24.4 Å². The number of benzene rings is 5. The predicted molar refractivity (Wildman–Crippen MR) is 356 cm³/mol. The summed E-state index contributed by atoms with van der Waals surface area (Å²) in [7, 11) is -5.05. The molecule has 5 aromatic carbocycles. The van der Waals surface area contributed by atoms with E-state index < -0.39 is 111 Å². The van der Waals surface area contributed by atoms with Crippen LogP contribution in [0.1, 0.15) is 111 Å². The van der Waals surface area contributed by atoms with Gasteiger partial charge in [0.1, 0.15) is 66.0 Å². The Morgan fingerprint density at radius 2 is 1.37 bits per heavy atom. The predicted octanol–water partition coefficient (Wildman–Crippen LogP) is 6.90. The Hall–Kier alpha value is -8.69. The van der Waals surface area contributed by atoms with Crippen LogP contribution in [0.5, 0.6) is 11.5 Å². The van der Waals surface area contributed by atoms with Crippen molar-refractivity contribution in [2.24, 2.45) is 22.6 Å². The van der Waals surface area contributed by atoms with Crippen molar-refractivity contribution in [1.29, 1.82) is 0 Å². The summed E-state index contributed by atoms with van der Waals surface area (Å²) in [6.07, 6.45) is -4.22. The number of aliphatic hydroxyl groups excluding tert-OH is 2. The van der Waals surface area contributed by atoms with Crippen molar-refractivity contribution < 1.29 is 76.5 Å². The van der Waals surface area contributed by atoms with Gasteiger partial charge in [0.25, 0.3) is 5.91 Å². The SMILES string of the molecule is Cc1ccc(COC(=O)C(CC(C)C)NC(=O)C(CCCN=C(N)NOP(=O)(O)OC[C@H]2O[C@@H](n3ccc(N)nc3=O)[C@H](O)[C@@H]2O)NC(=O)C(CCCCNC(=O)OC(C)(C)C)NC(=O)COc2ccc3ccccc3c2-c2c(OCCC(C)C)ccc3ccccc23)cc1. The number of unbranched alkanes of at least 4 members (excludes halogenated alkanes) is 1. The third kappa shape index (κ3) is 22.5. The summed E-state index contributed by atoms with van der Waals surface area (Å²) in [4.78, 5) is 101. The molecule has 4 unspecified atom stereocenters. The van der Waals surface area contributed by atoms with E-state index in [1.54, 1.807) is 26.8 Å². The maximum atomic E-state index is 14.8. The molecule has 27 nitrogen and oxygen atoms in total. The number of hydrogen-bond acceptors (Lipinski definition) is 19. The van der Waals surface area contributed by atoms with E-state index in [-0.39, 0.29) is 63.5 Å². The first kappa shape index (κ1) is 73.7. The topological polar surface area (TPSA) is 387 Å². The first-order chi connectivity index (χ1) is 45.1. The van der Waals surface area contributed by atoms with Gasteiger partial charge in [-0.3, -0.25) is 28.5 Å². The Morgan fingerprint density at radius 3 is 1.99 bits per heavy atom. The number of nitrogens with two attached hydrogens (primary N) is 2. The molecule has 6 aromatic rings. The molecular formula is C67H89N10O17P. The molecule has 2 heterocycles. The number of nitrogen functional groups attached to an aromatic ring is 1. The number of esters is 1. The van der Waals surface area contributed by atoms with Gasteiger partial charge in [0.15, 0.2) is 12.8 Å². The summed E-state index contributed by atoms with van der Waals surface area (Å²) < 4.78 is 53.2. The van der Waals surface area contributed by atoms with Gasteiger partial charge in [-0.2, -0.15) is 9.61 Å². The van der Waals surface area contributed by atoms with Gasteiger partial charge in [-0.05, 0) is 130 Å². The van der Waals surface area contributed by atoms with Crippen molar-refractivity contribution in [1.82, 2.24) is 36.3 Å². The zero-order chi connectivity index (χ0) is 69.0. The van der Waals surface area contributed by atoms with Crippen molar-refractivity contribution in [3.8, 4) is 22.6 Å². The molecule has 0 aliphatic carbocycles. The zero-order valence-electron chi connectivity index (χ0n) is 54.8. The first-order valence-electron chi connectivity index (χ1n) is 31.6. The van der Waals surface area contributed by atoms with Gasteiger partial charge in [-0.15, -0.1) is 0 Å². The number of aliphatic hydroxyl groups is 2. The number of hydroxylamine groups is 1. The van der Waals surface area contributed by atoms with E-state index in [0.717, 1.165) is 49.2 Å². The molecule has 0 bridgehead atoms. The quantitative estimate of drug-likeness (QED) is 0.00500. The summed E-state index contributed by atoms with van der Waals surface area (Å²) in [6.45, 7) is 14.1. The largest absolute Gasteiger partial charge is 0.493 e. The van der Waals surface area contributed by atoms with Gasteiger partial charge < -0.3 is 71.5 Å². The summed E-state index contributed by atoms with van der Waals surface area (Å²) in [5.41, 5.74) is 15.1. The number of ether oxygens (including phenoxy) is 5. The average molecular weight is 1340 g/mol. The Labute approximate surface area is 551 Å². The fraction of sp³-hybridized carbons (Fsp3) is 0.463. The Balaban J connectivity index is 1.09. The van der Waals surface area contributed by atoms with E-state index >= 15 is 0 Å². The Morgan fingerprint density at radius 1 is 0.758 bits per heavy atom. The lowest BCUT2D eigenvalue weighted by Crippen LogP contribution is -2.56. The zero-order valence-corrected chi connectivity index (χ0v) is 55.7. The monoisotopic (exact) mass is 1340 g/mol. The third-order valence-corrected chi connectivity index (χ3v) is 15.9. The number of aliphatic imine (C=N–C) groups is 1. The number of nitrogens with zero attached hydrogens (tertiary/aromatic N) is 3. The Kier molecular flexibility index (Phi) is 26.9. The molecule has 7 rings (SSSR count). The number of nitrogens with one attached hydrogen (secondary N) is 5. The molecule has 0 saturated carbocycles. The second kappa shape index (κ2) is 34.6. The van der Waals surface area contributed by atoms with E-state index in [4.69, 9.17) is 44.3 Å². The molecule has 1 aliphatic rings. The number of rotatable bonds is 33. The molecule has 1 fully saturated rings. The molecule has 0 spiro atoms. The number of amides is 4. The van der Waals surface area contributed by atoms with E-state index in [1.807, 2.05) is 117 Å². The first-order valence-corrected chi connectivity index (χ1v) is 33.1. The molecule has 95 heavy (non-hydrogen) atoms.